The van der Waals surface area contributed by atoms with E-state index in [0.29, 0.717) is 5.92 Å². The van der Waals surface area contributed by atoms with Crippen LogP contribution in [0.25, 0.3) is 0 Å². The van der Waals surface area contributed by atoms with Gasteiger partial charge in [-0.1, -0.05) is 33.1 Å². The summed E-state index contributed by atoms with van der Waals surface area (Å²) >= 11 is 1.84. The van der Waals surface area contributed by atoms with Crippen molar-refractivity contribution in [3.05, 3.63) is 16.1 Å². The third-order valence-electron chi connectivity index (χ3n) is 3.06. The van der Waals surface area contributed by atoms with Crippen LogP contribution in [-0.4, -0.2) is 4.98 Å². The highest BCUT2D eigenvalue weighted by Gasteiger charge is 2.18. The van der Waals surface area contributed by atoms with Crippen molar-refractivity contribution in [2.24, 2.45) is 0 Å². The van der Waals surface area contributed by atoms with Crippen LogP contribution in [0.15, 0.2) is 5.38 Å². The first-order chi connectivity index (χ1) is 6.77. The maximum atomic E-state index is 4.75. The van der Waals surface area contributed by atoms with Gasteiger partial charge in [0.25, 0.3) is 0 Å². The Balaban J connectivity index is 2.07. The van der Waals surface area contributed by atoms with E-state index in [0.717, 1.165) is 5.92 Å². The standard InChI is InChI=1S/C12H19NS/c1-9(2)12-13-11(8-14-12)10-6-4-3-5-7-10/h8-10H,3-7H2,1-2H3. The molecule has 0 radical (unpaired) electrons. The Morgan fingerprint density at radius 2 is 2.00 bits per heavy atom. The van der Waals surface area contributed by atoms with Gasteiger partial charge in [-0.05, 0) is 12.8 Å². The molecule has 0 unspecified atom stereocenters. The lowest BCUT2D eigenvalue weighted by atomic mass is 9.87. The molecule has 1 heterocycles. The number of rotatable bonds is 2. The fraction of sp³-hybridized carbons (Fsp3) is 0.750. The van der Waals surface area contributed by atoms with Crippen LogP contribution in [0.4, 0.5) is 0 Å². The predicted molar refractivity (Wildman–Crippen MR) is 62.0 cm³/mol. The normalized spacial score (nSPS) is 19.1. The maximum Gasteiger partial charge on any atom is 0.0953 e. The summed E-state index contributed by atoms with van der Waals surface area (Å²) in [5.74, 6) is 1.37. The minimum Gasteiger partial charge on any atom is -0.246 e. The highest BCUT2D eigenvalue weighted by atomic mass is 32.1. The van der Waals surface area contributed by atoms with E-state index in [1.807, 2.05) is 11.3 Å². The molecular formula is C12H19NS. The largest absolute Gasteiger partial charge is 0.246 e. The van der Waals surface area contributed by atoms with Crippen LogP contribution in [-0.2, 0) is 0 Å². The van der Waals surface area contributed by atoms with Crippen LogP contribution >= 0.6 is 11.3 Å². The van der Waals surface area contributed by atoms with Gasteiger partial charge in [0.1, 0.15) is 0 Å². The molecule has 78 valence electrons. The van der Waals surface area contributed by atoms with E-state index in [9.17, 15) is 0 Å². The van der Waals surface area contributed by atoms with Gasteiger partial charge in [-0.25, -0.2) is 4.98 Å². The smallest absolute Gasteiger partial charge is 0.0953 e. The zero-order chi connectivity index (χ0) is 9.97. The molecule has 1 fully saturated rings. The summed E-state index contributed by atoms with van der Waals surface area (Å²) in [4.78, 5) is 4.75. The van der Waals surface area contributed by atoms with E-state index < -0.39 is 0 Å². The average molecular weight is 209 g/mol. The van der Waals surface area contributed by atoms with Crippen molar-refractivity contribution in [2.45, 2.75) is 57.8 Å². The number of hydrogen-bond acceptors (Lipinski definition) is 2. The lowest BCUT2D eigenvalue weighted by Gasteiger charge is -2.19. The number of thiazole rings is 1. The highest BCUT2D eigenvalue weighted by Crippen LogP contribution is 2.34. The molecule has 0 saturated heterocycles. The van der Waals surface area contributed by atoms with Crippen molar-refractivity contribution in [3.8, 4) is 0 Å². The molecule has 1 aromatic heterocycles. The number of aromatic nitrogens is 1. The molecule has 0 amide bonds. The predicted octanol–water partition coefficient (Wildman–Crippen LogP) is 4.31. The van der Waals surface area contributed by atoms with Crippen molar-refractivity contribution in [3.63, 3.8) is 0 Å². The number of hydrogen-bond donors (Lipinski definition) is 0. The maximum absolute atomic E-state index is 4.75. The van der Waals surface area contributed by atoms with Crippen molar-refractivity contribution in [1.29, 1.82) is 0 Å². The SMILES string of the molecule is CC(C)c1nc(C2CCCCC2)cs1. The summed E-state index contributed by atoms with van der Waals surface area (Å²) in [6.07, 6.45) is 6.96. The second-order valence-corrected chi connectivity index (χ2v) is 5.49. The molecule has 1 saturated carbocycles. The Hall–Kier alpha value is -0.370. The van der Waals surface area contributed by atoms with E-state index in [-0.39, 0.29) is 0 Å². The first kappa shape index (κ1) is 10.2. The van der Waals surface area contributed by atoms with Crippen LogP contribution in [0.2, 0.25) is 0 Å². The molecule has 0 N–H and O–H groups in total. The zero-order valence-corrected chi connectivity index (χ0v) is 9.94. The minimum absolute atomic E-state index is 0.595. The molecule has 0 aliphatic heterocycles. The van der Waals surface area contributed by atoms with Gasteiger partial charge in [0.15, 0.2) is 0 Å². The van der Waals surface area contributed by atoms with E-state index in [2.05, 4.69) is 19.2 Å². The Labute approximate surface area is 90.6 Å². The molecule has 0 aromatic carbocycles. The summed E-state index contributed by atoms with van der Waals surface area (Å²) in [7, 11) is 0. The third-order valence-corrected chi connectivity index (χ3v) is 4.22. The minimum atomic E-state index is 0.595. The van der Waals surface area contributed by atoms with Crippen molar-refractivity contribution in [1.82, 2.24) is 4.98 Å². The topological polar surface area (TPSA) is 12.9 Å². The Kier molecular flexibility index (Phi) is 3.22. The second kappa shape index (κ2) is 4.43. The molecule has 1 aliphatic rings. The first-order valence-corrected chi connectivity index (χ1v) is 6.60. The summed E-state index contributed by atoms with van der Waals surface area (Å²) in [6.45, 7) is 4.45. The zero-order valence-electron chi connectivity index (χ0n) is 9.12. The van der Waals surface area contributed by atoms with Crippen LogP contribution in [0, 0.1) is 0 Å². The van der Waals surface area contributed by atoms with Crippen LogP contribution in [0.3, 0.4) is 0 Å². The second-order valence-electron chi connectivity index (χ2n) is 4.60. The van der Waals surface area contributed by atoms with Gasteiger partial charge in [-0.15, -0.1) is 11.3 Å². The molecule has 2 rings (SSSR count). The summed E-state index contributed by atoms with van der Waals surface area (Å²) < 4.78 is 0. The quantitative estimate of drug-likeness (QED) is 0.707. The fourth-order valence-electron chi connectivity index (χ4n) is 2.15. The van der Waals surface area contributed by atoms with Crippen LogP contribution in [0.1, 0.15) is 68.5 Å². The monoisotopic (exact) mass is 209 g/mol. The van der Waals surface area contributed by atoms with E-state index in [4.69, 9.17) is 4.98 Å². The molecule has 0 spiro atoms. The van der Waals surface area contributed by atoms with Gasteiger partial charge >= 0.3 is 0 Å². The Morgan fingerprint density at radius 3 is 2.57 bits per heavy atom. The molecule has 0 atom stereocenters. The van der Waals surface area contributed by atoms with Gasteiger partial charge in [0, 0.05) is 17.2 Å². The molecule has 14 heavy (non-hydrogen) atoms. The van der Waals surface area contributed by atoms with Gasteiger partial charge in [0.05, 0.1) is 10.7 Å². The molecular weight excluding hydrogens is 190 g/mol. The molecule has 1 nitrogen and oxygen atoms in total. The summed E-state index contributed by atoms with van der Waals surface area (Å²) in [6, 6.07) is 0. The van der Waals surface area contributed by atoms with E-state index >= 15 is 0 Å². The van der Waals surface area contributed by atoms with Gasteiger partial charge in [-0.3, -0.25) is 0 Å². The van der Waals surface area contributed by atoms with Crippen LogP contribution < -0.4 is 0 Å². The highest BCUT2D eigenvalue weighted by molar-refractivity contribution is 7.09. The molecule has 0 bridgehead atoms. The van der Waals surface area contributed by atoms with Gasteiger partial charge < -0.3 is 0 Å². The summed E-state index contributed by atoms with van der Waals surface area (Å²) in [5, 5.41) is 3.59. The fourth-order valence-corrected chi connectivity index (χ4v) is 3.07. The third kappa shape index (κ3) is 2.17. The van der Waals surface area contributed by atoms with Gasteiger partial charge in [0.2, 0.25) is 0 Å². The van der Waals surface area contributed by atoms with Gasteiger partial charge in [-0.2, -0.15) is 0 Å². The van der Waals surface area contributed by atoms with Crippen molar-refractivity contribution >= 4 is 11.3 Å². The first-order valence-electron chi connectivity index (χ1n) is 5.72. The average Bonchev–Trinajstić information content (AvgIpc) is 2.68. The lowest BCUT2D eigenvalue weighted by Crippen LogP contribution is -2.05. The van der Waals surface area contributed by atoms with E-state index in [1.165, 1.54) is 42.8 Å². The lowest BCUT2D eigenvalue weighted by molar-refractivity contribution is 0.437. The summed E-state index contributed by atoms with van der Waals surface area (Å²) in [5.41, 5.74) is 1.37. The Morgan fingerprint density at radius 1 is 1.29 bits per heavy atom. The van der Waals surface area contributed by atoms with Crippen molar-refractivity contribution < 1.29 is 0 Å². The van der Waals surface area contributed by atoms with Crippen molar-refractivity contribution in [2.75, 3.05) is 0 Å². The molecule has 1 aliphatic carbocycles. The molecule has 1 aromatic rings. The van der Waals surface area contributed by atoms with Crippen LogP contribution in [0.5, 0.6) is 0 Å². The van der Waals surface area contributed by atoms with E-state index in [1.54, 1.807) is 0 Å². The Bertz CT molecular complexity index is 284. The number of nitrogens with zero attached hydrogens (tertiary/aromatic N) is 1. The molecule has 2 heteroatoms.